The van der Waals surface area contributed by atoms with E-state index in [2.05, 4.69) is 40.7 Å². The molecular weight excluding hydrogens is 289 g/mol. The van der Waals surface area contributed by atoms with Gasteiger partial charge in [-0.25, -0.2) is 4.39 Å². The predicted molar refractivity (Wildman–Crippen MR) is 89.7 cm³/mol. The second kappa shape index (κ2) is 6.73. The number of benzene rings is 2. The zero-order valence-corrected chi connectivity index (χ0v) is 13.4. The van der Waals surface area contributed by atoms with E-state index in [0.29, 0.717) is 0 Å². The minimum absolute atomic E-state index is 0.217. The van der Waals surface area contributed by atoms with Crippen molar-refractivity contribution in [3.8, 4) is 11.4 Å². The van der Waals surface area contributed by atoms with Crippen molar-refractivity contribution in [1.82, 2.24) is 14.8 Å². The molecule has 3 rings (SSSR count). The predicted octanol–water partition coefficient (Wildman–Crippen LogP) is 4.45. The van der Waals surface area contributed by atoms with Crippen molar-refractivity contribution in [3.05, 3.63) is 71.8 Å². The van der Waals surface area contributed by atoms with Crippen LogP contribution >= 0.6 is 0 Å². The lowest BCUT2D eigenvalue weighted by Gasteiger charge is -2.14. The van der Waals surface area contributed by atoms with Gasteiger partial charge in [0.25, 0.3) is 0 Å². The Morgan fingerprint density at radius 2 is 1.74 bits per heavy atom. The summed E-state index contributed by atoms with van der Waals surface area (Å²) in [5.41, 5.74) is 2.04. The third-order valence-electron chi connectivity index (χ3n) is 3.85. The zero-order valence-electron chi connectivity index (χ0n) is 13.4. The van der Waals surface area contributed by atoms with Gasteiger partial charge in [0.05, 0.1) is 0 Å². The SMILES string of the molecule is CC(C)n1c(CCc2ccccc2)nnc1-c1cccc(F)c1. The molecule has 1 aromatic heterocycles. The van der Waals surface area contributed by atoms with Crippen molar-refractivity contribution in [2.24, 2.45) is 0 Å². The molecule has 0 spiro atoms. The van der Waals surface area contributed by atoms with E-state index in [9.17, 15) is 4.39 Å². The maximum atomic E-state index is 13.5. The number of aryl methyl sites for hydroxylation is 2. The highest BCUT2D eigenvalue weighted by Gasteiger charge is 2.16. The van der Waals surface area contributed by atoms with Gasteiger partial charge >= 0.3 is 0 Å². The quantitative estimate of drug-likeness (QED) is 0.697. The molecule has 0 atom stereocenters. The molecule has 0 radical (unpaired) electrons. The monoisotopic (exact) mass is 309 g/mol. The van der Waals surface area contributed by atoms with Crippen molar-refractivity contribution in [2.45, 2.75) is 32.7 Å². The van der Waals surface area contributed by atoms with Crippen LogP contribution in [0.15, 0.2) is 54.6 Å². The Bertz CT molecular complexity index is 778. The van der Waals surface area contributed by atoms with E-state index >= 15 is 0 Å². The number of aromatic nitrogens is 3. The van der Waals surface area contributed by atoms with Gasteiger partial charge in [-0.05, 0) is 38.0 Å². The number of hydrogen-bond donors (Lipinski definition) is 0. The Morgan fingerprint density at radius 1 is 0.957 bits per heavy atom. The van der Waals surface area contributed by atoms with Crippen LogP contribution in [0.3, 0.4) is 0 Å². The van der Waals surface area contributed by atoms with Crippen LogP contribution in [0.5, 0.6) is 0 Å². The van der Waals surface area contributed by atoms with Gasteiger partial charge < -0.3 is 4.57 Å². The van der Waals surface area contributed by atoms with Gasteiger partial charge in [-0.2, -0.15) is 0 Å². The molecular formula is C19H20FN3. The summed E-state index contributed by atoms with van der Waals surface area (Å²) in [5, 5.41) is 8.66. The van der Waals surface area contributed by atoms with Gasteiger partial charge in [0.1, 0.15) is 11.6 Å². The minimum atomic E-state index is -0.258. The molecule has 3 nitrogen and oxygen atoms in total. The Labute approximate surface area is 135 Å². The van der Waals surface area contributed by atoms with Crippen molar-refractivity contribution in [3.63, 3.8) is 0 Å². The summed E-state index contributed by atoms with van der Waals surface area (Å²) in [4.78, 5) is 0. The summed E-state index contributed by atoms with van der Waals surface area (Å²) in [5.74, 6) is 1.40. The molecule has 0 N–H and O–H groups in total. The van der Waals surface area contributed by atoms with Crippen LogP contribution < -0.4 is 0 Å². The van der Waals surface area contributed by atoms with E-state index < -0.39 is 0 Å². The summed E-state index contributed by atoms with van der Waals surface area (Å²) >= 11 is 0. The first-order valence-electron chi connectivity index (χ1n) is 7.89. The molecule has 1 heterocycles. The molecule has 0 aliphatic heterocycles. The fourth-order valence-corrected chi connectivity index (χ4v) is 2.76. The number of hydrogen-bond acceptors (Lipinski definition) is 2. The molecule has 118 valence electrons. The van der Waals surface area contributed by atoms with Crippen LogP contribution in [0, 0.1) is 5.82 Å². The van der Waals surface area contributed by atoms with Gasteiger partial charge in [-0.1, -0.05) is 42.5 Å². The van der Waals surface area contributed by atoms with Crippen molar-refractivity contribution >= 4 is 0 Å². The molecule has 0 unspecified atom stereocenters. The molecule has 3 aromatic rings. The number of nitrogens with zero attached hydrogens (tertiary/aromatic N) is 3. The highest BCUT2D eigenvalue weighted by atomic mass is 19.1. The average Bonchev–Trinajstić information content (AvgIpc) is 2.98. The van der Waals surface area contributed by atoms with Crippen molar-refractivity contribution in [1.29, 1.82) is 0 Å². The van der Waals surface area contributed by atoms with Gasteiger partial charge in [0, 0.05) is 18.0 Å². The van der Waals surface area contributed by atoms with E-state index in [4.69, 9.17) is 0 Å². The first kappa shape index (κ1) is 15.4. The molecule has 0 aliphatic carbocycles. The normalized spacial score (nSPS) is 11.1. The van der Waals surface area contributed by atoms with Crippen LogP contribution in [0.4, 0.5) is 4.39 Å². The summed E-state index contributed by atoms with van der Waals surface area (Å²) < 4.78 is 15.6. The Morgan fingerprint density at radius 3 is 2.43 bits per heavy atom. The topological polar surface area (TPSA) is 30.7 Å². The van der Waals surface area contributed by atoms with E-state index in [1.807, 2.05) is 24.3 Å². The largest absolute Gasteiger partial charge is 0.308 e. The Kier molecular flexibility index (Phi) is 4.51. The van der Waals surface area contributed by atoms with Gasteiger partial charge in [-0.15, -0.1) is 10.2 Å². The minimum Gasteiger partial charge on any atom is -0.308 e. The molecule has 4 heteroatoms. The molecule has 0 bridgehead atoms. The van der Waals surface area contributed by atoms with Gasteiger partial charge in [0.2, 0.25) is 0 Å². The van der Waals surface area contributed by atoms with E-state index in [0.717, 1.165) is 30.1 Å². The fraction of sp³-hybridized carbons (Fsp3) is 0.263. The summed E-state index contributed by atoms with van der Waals surface area (Å²) in [6, 6.07) is 17.1. The molecule has 0 saturated carbocycles. The van der Waals surface area contributed by atoms with Crippen LogP contribution in [0.25, 0.3) is 11.4 Å². The molecule has 0 amide bonds. The van der Waals surface area contributed by atoms with E-state index in [1.165, 1.54) is 17.7 Å². The second-order valence-electron chi connectivity index (χ2n) is 5.90. The summed E-state index contributed by atoms with van der Waals surface area (Å²) in [6.45, 7) is 4.19. The highest BCUT2D eigenvalue weighted by Crippen LogP contribution is 2.23. The first-order chi connectivity index (χ1) is 11.1. The molecule has 0 saturated heterocycles. The summed E-state index contributed by atoms with van der Waals surface area (Å²) in [7, 11) is 0. The van der Waals surface area contributed by atoms with Gasteiger partial charge in [0.15, 0.2) is 5.82 Å². The number of halogens is 1. The molecule has 0 aliphatic rings. The lowest BCUT2D eigenvalue weighted by molar-refractivity contribution is 0.570. The lowest BCUT2D eigenvalue weighted by atomic mass is 10.1. The smallest absolute Gasteiger partial charge is 0.164 e. The Hall–Kier alpha value is -2.49. The van der Waals surface area contributed by atoms with Gasteiger partial charge in [-0.3, -0.25) is 0 Å². The maximum absolute atomic E-state index is 13.5. The first-order valence-corrected chi connectivity index (χ1v) is 7.89. The average molecular weight is 309 g/mol. The standard InChI is InChI=1S/C19H20FN3/c1-14(2)23-18(12-11-15-7-4-3-5-8-15)21-22-19(23)16-9-6-10-17(20)13-16/h3-10,13-14H,11-12H2,1-2H3. The van der Waals surface area contributed by atoms with Crippen molar-refractivity contribution in [2.75, 3.05) is 0 Å². The second-order valence-corrected chi connectivity index (χ2v) is 5.90. The van der Waals surface area contributed by atoms with Crippen LogP contribution in [0.2, 0.25) is 0 Å². The van der Waals surface area contributed by atoms with Crippen LogP contribution in [-0.4, -0.2) is 14.8 Å². The molecule has 2 aromatic carbocycles. The summed E-state index contributed by atoms with van der Waals surface area (Å²) in [6.07, 6.45) is 1.72. The third-order valence-corrected chi connectivity index (χ3v) is 3.85. The highest BCUT2D eigenvalue weighted by molar-refractivity contribution is 5.55. The lowest BCUT2D eigenvalue weighted by Crippen LogP contribution is -2.09. The van der Waals surface area contributed by atoms with Crippen molar-refractivity contribution < 1.29 is 4.39 Å². The van der Waals surface area contributed by atoms with E-state index in [1.54, 1.807) is 6.07 Å². The maximum Gasteiger partial charge on any atom is 0.164 e. The van der Waals surface area contributed by atoms with Crippen LogP contribution in [-0.2, 0) is 12.8 Å². The number of rotatable bonds is 5. The molecule has 23 heavy (non-hydrogen) atoms. The fourth-order valence-electron chi connectivity index (χ4n) is 2.76. The zero-order chi connectivity index (χ0) is 16.2. The van der Waals surface area contributed by atoms with E-state index in [-0.39, 0.29) is 11.9 Å². The Balaban J connectivity index is 1.90. The third kappa shape index (κ3) is 3.47. The molecule has 0 fully saturated rings. The van der Waals surface area contributed by atoms with Crippen LogP contribution in [0.1, 0.15) is 31.3 Å².